The Morgan fingerprint density at radius 2 is 2.04 bits per heavy atom. The molecule has 134 valence electrons. The fourth-order valence-corrected chi connectivity index (χ4v) is 2.93. The lowest BCUT2D eigenvalue weighted by atomic mass is 10.1. The molecule has 25 heavy (non-hydrogen) atoms. The van der Waals surface area contributed by atoms with Crippen LogP contribution in [0.4, 0.5) is 5.95 Å². The van der Waals surface area contributed by atoms with Gasteiger partial charge in [0.15, 0.2) is 11.5 Å². The number of rotatable bonds is 6. The molecule has 0 aliphatic carbocycles. The van der Waals surface area contributed by atoms with Crippen molar-refractivity contribution in [2.75, 3.05) is 39.3 Å². The monoisotopic (exact) mass is 344 g/mol. The fourth-order valence-electron chi connectivity index (χ4n) is 2.93. The summed E-state index contributed by atoms with van der Waals surface area (Å²) in [4.78, 5) is 6.63. The Morgan fingerprint density at radius 1 is 1.20 bits per heavy atom. The van der Waals surface area contributed by atoms with Crippen LogP contribution in [0.2, 0.25) is 0 Å². The highest BCUT2D eigenvalue weighted by Gasteiger charge is 2.18. The first-order valence-electron chi connectivity index (χ1n) is 8.46. The summed E-state index contributed by atoms with van der Waals surface area (Å²) in [6.07, 6.45) is 5.31. The van der Waals surface area contributed by atoms with Crippen molar-refractivity contribution in [3.8, 4) is 22.8 Å². The van der Waals surface area contributed by atoms with Crippen molar-refractivity contribution in [1.82, 2.24) is 15.2 Å². The highest BCUT2D eigenvalue weighted by molar-refractivity contribution is 5.64. The number of ether oxygens (including phenoxy) is 3. The van der Waals surface area contributed by atoms with E-state index >= 15 is 0 Å². The van der Waals surface area contributed by atoms with Crippen LogP contribution in [0, 0.1) is 0 Å². The van der Waals surface area contributed by atoms with Gasteiger partial charge in [-0.05, 0) is 37.5 Å². The van der Waals surface area contributed by atoms with Crippen molar-refractivity contribution < 1.29 is 14.2 Å². The van der Waals surface area contributed by atoms with Gasteiger partial charge in [0.1, 0.15) is 0 Å². The van der Waals surface area contributed by atoms with E-state index in [2.05, 4.69) is 15.2 Å². The molecular weight excluding hydrogens is 320 g/mol. The van der Waals surface area contributed by atoms with Crippen LogP contribution in [0.15, 0.2) is 24.4 Å². The van der Waals surface area contributed by atoms with E-state index in [9.17, 15) is 0 Å². The summed E-state index contributed by atoms with van der Waals surface area (Å²) < 4.78 is 16.4. The Hall–Kier alpha value is -2.41. The lowest BCUT2D eigenvalue weighted by Gasteiger charge is -2.27. The predicted molar refractivity (Wildman–Crippen MR) is 95.2 cm³/mol. The van der Waals surface area contributed by atoms with Crippen molar-refractivity contribution in [1.29, 1.82) is 0 Å². The van der Waals surface area contributed by atoms with Crippen LogP contribution in [0.3, 0.4) is 0 Å². The second-order valence-electron chi connectivity index (χ2n) is 6.08. The molecule has 1 aliphatic rings. The molecule has 1 fully saturated rings. The van der Waals surface area contributed by atoms with E-state index < -0.39 is 0 Å². The largest absolute Gasteiger partial charge is 0.493 e. The van der Waals surface area contributed by atoms with Gasteiger partial charge in [-0.2, -0.15) is 5.10 Å². The Morgan fingerprint density at radius 3 is 2.76 bits per heavy atom. The third-order valence-corrected chi connectivity index (χ3v) is 4.32. The van der Waals surface area contributed by atoms with Crippen molar-refractivity contribution in [2.45, 2.75) is 25.4 Å². The SMILES string of the molecule is COc1ccc(-c2cnnc(N(C)CC3CCCCO3)n2)cc1OC. The summed E-state index contributed by atoms with van der Waals surface area (Å²) in [7, 11) is 5.20. The molecule has 7 nitrogen and oxygen atoms in total. The maximum absolute atomic E-state index is 5.79. The van der Waals surface area contributed by atoms with Crippen LogP contribution in [-0.4, -0.2) is 55.7 Å². The van der Waals surface area contributed by atoms with E-state index in [4.69, 9.17) is 14.2 Å². The second-order valence-corrected chi connectivity index (χ2v) is 6.08. The molecule has 3 rings (SSSR count). The smallest absolute Gasteiger partial charge is 0.245 e. The van der Waals surface area contributed by atoms with Crippen LogP contribution in [0.1, 0.15) is 19.3 Å². The number of aromatic nitrogens is 3. The molecule has 0 bridgehead atoms. The molecule has 0 amide bonds. The summed E-state index contributed by atoms with van der Waals surface area (Å²) in [6.45, 7) is 1.60. The third kappa shape index (κ3) is 4.17. The molecule has 1 aromatic carbocycles. The first-order valence-corrected chi connectivity index (χ1v) is 8.46. The molecule has 1 aliphatic heterocycles. The first-order chi connectivity index (χ1) is 12.2. The van der Waals surface area contributed by atoms with Gasteiger partial charge in [-0.15, -0.1) is 5.10 Å². The van der Waals surface area contributed by atoms with E-state index in [0.29, 0.717) is 17.4 Å². The quantitative estimate of drug-likeness (QED) is 0.797. The normalized spacial score (nSPS) is 17.2. The van der Waals surface area contributed by atoms with Crippen molar-refractivity contribution in [3.63, 3.8) is 0 Å². The number of likely N-dealkylation sites (N-methyl/N-ethyl adjacent to an activating group) is 1. The molecule has 2 heterocycles. The average molecular weight is 344 g/mol. The minimum Gasteiger partial charge on any atom is -0.493 e. The molecule has 2 aromatic rings. The maximum atomic E-state index is 5.79. The van der Waals surface area contributed by atoms with E-state index in [-0.39, 0.29) is 6.10 Å². The van der Waals surface area contributed by atoms with Gasteiger partial charge in [-0.1, -0.05) is 0 Å². The molecular formula is C18H24N4O3. The van der Waals surface area contributed by atoms with Crippen LogP contribution >= 0.6 is 0 Å². The van der Waals surface area contributed by atoms with Gasteiger partial charge in [0, 0.05) is 25.8 Å². The topological polar surface area (TPSA) is 69.6 Å². The molecule has 0 spiro atoms. The third-order valence-electron chi connectivity index (χ3n) is 4.32. The van der Waals surface area contributed by atoms with Gasteiger partial charge in [0.05, 0.1) is 32.2 Å². The standard InChI is InChI=1S/C18H24N4O3/c1-22(12-14-6-4-5-9-25-14)18-20-15(11-19-21-18)13-7-8-16(23-2)17(10-13)24-3/h7-8,10-11,14H,4-6,9,12H2,1-3H3. The van der Waals surface area contributed by atoms with Crippen LogP contribution in [0.25, 0.3) is 11.3 Å². The van der Waals surface area contributed by atoms with E-state index in [1.807, 2.05) is 30.1 Å². The zero-order valence-corrected chi connectivity index (χ0v) is 14.9. The van der Waals surface area contributed by atoms with Crippen LogP contribution in [0.5, 0.6) is 11.5 Å². The van der Waals surface area contributed by atoms with Crippen molar-refractivity contribution in [2.24, 2.45) is 0 Å². The van der Waals surface area contributed by atoms with E-state index in [1.54, 1.807) is 20.4 Å². The lowest BCUT2D eigenvalue weighted by molar-refractivity contribution is 0.0214. The summed E-state index contributed by atoms with van der Waals surface area (Å²) in [6, 6.07) is 5.67. The highest BCUT2D eigenvalue weighted by Crippen LogP contribution is 2.31. The Balaban J connectivity index is 1.78. The molecule has 0 saturated carbocycles. The minimum absolute atomic E-state index is 0.229. The van der Waals surface area contributed by atoms with Gasteiger partial charge in [0.25, 0.3) is 0 Å². The average Bonchev–Trinajstić information content (AvgIpc) is 2.68. The van der Waals surface area contributed by atoms with E-state index in [0.717, 1.165) is 37.3 Å². The number of anilines is 1. The zero-order chi connectivity index (χ0) is 17.6. The molecule has 0 radical (unpaired) electrons. The Labute approximate surface area is 147 Å². The highest BCUT2D eigenvalue weighted by atomic mass is 16.5. The van der Waals surface area contributed by atoms with E-state index in [1.165, 1.54) is 6.42 Å². The number of nitrogens with zero attached hydrogens (tertiary/aromatic N) is 4. The summed E-state index contributed by atoms with van der Waals surface area (Å²) >= 11 is 0. The number of methoxy groups -OCH3 is 2. The zero-order valence-electron chi connectivity index (χ0n) is 14.9. The number of hydrogen-bond acceptors (Lipinski definition) is 7. The van der Waals surface area contributed by atoms with Crippen LogP contribution in [-0.2, 0) is 4.74 Å². The summed E-state index contributed by atoms with van der Waals surface area (Å²) in [5.41, 5.74) is 1.64. The van der Waals surface area contributed by atoms with Crippen LogP contribution < -0.4 is 14.4 Å². The fraction of sp³-hybridized carbons (Fsp3) is 0.500. The number of hydrogen-bond donors (Lipinski definition) is 0. The molecule has 0 N–H and O–H groups in total. The first kappa shape index (κ1) is 17.4. The predicted octanol–water partition coefficient (Wildman–Crippen LogP) is 2.56. The summed E-state index contributed by atoms with van der Waals surface area (Å²) in [5.74, 6) is 1.92. The lowest BCUT2D eigenvalue weighted by Crippen LogP contribution is -2.34. The van der Waals surface area contributed by atoms with Gasteiger partial charge < -0.3 is 19.1 Å². The minimum atomic E-state index is 0.229. The Kier molecular flexibility index (Phi) is 5.65. The molecule has 1 atom stereocenters. The molecule has 1 aromatic heterocycles. The molecule has 1 saturated heterocycles. The summed E-state index contributed by atoms with van der Waals surface area (Å²) in [5, 5.41) is 8.27. The van der Waals surface area contributed by atoms with Gasteiger partial charge in [0.2, 0.25) is 5.95 Å². The maximum Gasteiger partial charge on any atom is 0.245 e. The molecule has 1 unspecified atom stereocenters. The van der Waals surface area contributed by atoms with Gasteiger partial charge >= 0.3 is 0 Å². The Bertz CT molecular complexity index is 704. The second kappa shape index (κ2) is 8.11. The van der Waals surface area contributed by atoms with Gasteiger partial charge in [-0.25, -0.2) is 4.98 Å². The number of benzene rings is 1. The van der Waals surface area contributed by atoms with Crippen molar-refractivity contribution in [3.05, 3.63) is 24.4 Å². The van der Waals surface area contributed by atoms with Gasteiger partial charge in [-0.3, -0.25) is 0 Å². The molecule has 7 heteroatoms. The van der Waals surface area contributed by atoms with Crippen molar-refractivity contribution >= 4 is 5.95 Å².